The first-order chi connectivity index (χ1) is 12.3. The zero-order chi connectivity index (χ0) is 18.9. The molecule has 1 atom stereocenters. The predicted octanol–water partition coefficient (Wildman–Crippen LogP) is 3.90. The van der Waals surface area contributed by atoms with E-state index in [1.54, 1.807) is 30.5 Å². The molecule has 2 heterocycles. The highest BCUT2D eigenvalue weighted by molar-refractivity contribution is 7.90. The molecule has 0 fully saturated rings. The fraction of sp³-hybridized carbons (Fsp3) is 0.118. The van der Waals surface area contributed by atoms with Crippen molar-refractivity contribution in [1.82, 2.24) is 14.8 Å². The molecular formula is C17H12F3N4OS+. The van der Waals surface area contributed by atoms with E-state index in [2.05, 4.69) is 10.1 Å². The Kier molecular flexibility index (Phi) is 4.71. The quantitative estimate of drug-likeness (QED) is 0.703. The zero-order valence-corrected chi connectivity index (χ0v) is 14.2. The Labute approximate surface area is 149 Å². The third-order valence-electron chi connectivity index (χ3n) is 3.57. The number of hydrogen-bond acceptors (Lipinski definition) is 4. The van der Waals surface area contributed by atoms with Crippen LogP contribution in [0.15, 0.2) is 53.6 Å². The first-order valence-electron chi connectivity index (χ1n) is 7.29. The lowest BCUT2D eigenvalue weighted by Crippen LogP contribution is -2.08. The van der Waals surface area contributed by atoms with Crippen LogP contribution in [0, 0.1) is 11.3 Å². The highest BCUT2D eigenvalue weighted by atomic mass is 32.2. The standard InChI is InChI=1S/C17H12F3N4OS/c1-26(25)13-5-6-16(22-10-13)24-14(8-15(23-24)17(18,19)20)12-4-2-3-11(7-12)9-21/h2-8,10,25H,1H3/q+1. The third kappa shape index (κ3) is 3.56. The summed E-state index contributed by atoms with van der Waals surface area (Å²) in [5.74, 6) is 0.173. The van der Waals surface area contributed by atoms with Gasteiger partial charge < -0.3 is 0 Å². The SMILES string of the molecule is C[S+](O)c1ccc(-n2nc(C(F)(F)F)cc2-c2cccc(C#N)c2)nc1. The molecule has 3 aromatic rings. The minimum absolute atomic E-state index is 0.161. The van der Waals surface area contributed by atoms with Crippen molar-refractivity contribution in [3.8, 4) is 23.1 Å². The van der Waals surface area contributed by atoms with Crippen LogP contribution >= 0.6 is 0 Å². The van der Waals surface area contributed by atoms with Gasteiger partial charge in [-0.25, -0.2) is 9.67 Å². The normalized spacial score (nSPS) is 12.6. The minimum atomic E-state index is -4.62. The van der Waals surface area contributed by atoms with E-state index in [1.165, 1.54) is 18.3 Å². The molecule has 0 aliphatic heterocycles. The molecule has 0 aliphatic carbocycles. The Hall–Kier alpha value is -2.83. The highest BCUT2D eigenvalue weighted by Crippen LogP contribution is 2.33. The average molecular weight is 377 g/mol. The van der Waals surface area contributed by atoms with E-state index in [0.29, 0.717) is 16.0 Å². The van der Waals surface area contributed by atoms with Gasteiger partial charge in [-0.05, 0) is 24.3 Å². The average Bonchev–Trinajstić information content (AvgIpc) is 3.07. The van der Waals surface area contributed by atoms with Crippen molar-refractivity contribution in [2.45, 2.75) is 11.1 Å². The molecule has 0 saturated heterocycles. The molecule has 3 rings (SSSR count). The Morgan fingerprint density at radius 2 is 1.96 bits per heavy atom. The summed E-state index contributed by atoms with van der Waals surface area (Å²) in [5.41, 5.74) is -0.162. The topological polar surface area (TPSA) is 74.7 Å². The van der Waals surface area contributed by atoms with Crippen LogP contribution in [0.1, 0.15) is 11.3 Å². The Bertz CT molecular complexity index is 975. The van der Waals surface area contributed by atoms with Gasteiger partial charge in [0.15, 0.2) is 22.7 Å². The molecule has 1 unspecified atom stereocenters. The molecule has 0 spiro atoms. The molecule has 9 heteroatoms. The minimum Gasteiger partial charge on any atom is -0.232 e. The number of aromatic nitrogens is 3. The summed E-state index contributed by atoms with van der Waals surface area (Å²) in [4.78, 5) is 4.67. The van der Waals surface area contributed by atoms with E-state index in [0.717, 1.165) is 10.7 Å². The number of hydrogen-bond donors (Lipinski definition) is 1. The zero-order valence-electron chi connectivity index (χ0n) is 13.4. The van der Waals surface area contributed by atoms with Gasteiger partial charge in [-0.2, -0.15) is 28.1 Å². The van der Waals surface area contributed by atoms with Crippen LogP contribution in [-0.2, 0) is 17.4 Å². The van der Waals surface area contributed by atoms with E-state index in [-0.39, 0.29) is 11.5 Å². The van der Waals surface area contributed by atoms with Crippen LogP contribution in [0.3, 0.4) is 0 Å². The van der Waals surface area contributed by atoms with E-state index in [4.69, 9.17) is 5.26 Å². The molecule has 1 N–H and O–H groups in total. The summed E-state index contributed by atoms with van der Waals surface area (Å²) in [5, 5.41) is 12.7. The fourth-order valence-electron chi connectivity index (χ4n) is 2.32. The maximum Gasteiger partial charge on any atom is 0.435 e. The molecule has 26 heavy (non-hydrogen) atoms. The van der Waals surface area contributed by atoms with Crippen LogP contribution in [0.4, 0.5) is 13.2 Å². The fourth-order valence-corrected chi connectivity index (χ4v) is 2.79. The van der Waals surface area contributed by atoms with Crippen LogP contribution in [0.5, 0.6) is 0 Å². The van der Waals surface area contributed by atoms with Gasteiger partial charge in [-0.3, -0.25) is 0 Å². The molecule has 1 aromatic carbocycles. The van der Waals surface area contributed by atoms with Crippen molar-refractivity contribution in [3.63, 3.8) is 0 Å². The van der Waals surface area contributed by atoms with Crippen molar-refractivity contribution in [2.24, 2.45) is 0 Å². The largest absolute Gasteiger partial charge is 0.435 e. The van der Waals surface area contributed by atoms with Crippen LogP contribution in [0.25, 0.3) is 17.1 Å². The van der Waals surface area contributed by atoms with Crippen molar-refractivity contribution in [1.29, 1.82) is 5.26 Å². The molecule has 0 aliphatic rings. The molecule has 0 amide bonds. The van der Waals surface area contributed by atoms with Gasteiger partial charge in [0, 0.05) is 11.6 Å². The van der Waals surface area contributed by atoms with E-state index >= 15 is 0 Å². The summed E-state index contributed by atoms with van der Waals surface area (Å²) in [6.45, 7) is 0. The summed E-state index contributed by atoms with van der Waals surface area (Å²) in [6, 6.07) is 12.2. The monoisotopic (exact) mass is 377 g/mol. The third-order valence-corrected chi connectivity index (χ3v) is 4.49. The first kappa shape index (κ1) is 18.0. The van der Waals surface area contributed by atoms with E-state index in [9.17, 15) is 17.7 Å². The second-order valence-electron chi connectivity index (χ2n) is 5.35. The number of rotatable bonds is 3. The van der Waals surface area contributed by atoms with Gasteiger partial charge in [0.2, 0.25) is 4.90 Å². The molecule has 2 aromatic heterocycles. The number of benzene rings is 1. The van der Waals surface area contributed by atoms with Crippen LogP contribution < -0.4 is 0 Å². The molecule has 5 nitrogen and oxygen atoms in total. The number of nitriles is 1. The lowest BCUT2D eigenvalue weighted by Gasteiger charge is -2.07. The molecule has 0 saturated carbocycles. The van der Waals surface area contributed by atoms with Crippen molar-refractivity contribution >= 4 is 11.2 Å². The van der Waals surface area contributed by atoms with E-state index < -0.39 is 23.0 Å². The van der Waals surface area contributed by atoms with E-state index in [1.807, 2.05) is 6.07 Å². The predicted molar refractivity (Wildman–Crippen MR) is 90.7 cm³/mol. The lowest BCUT2D eigenvalue weighted by atomic mass is 10.1. The van der Waals surface area contributed by atoms with Crippen molar-refractivity contribution in [2.75, 3.05) is 6.26 Å². The van der Waals surface area contributed by atoms with Crippen molar-refractivity contribution < 1.29 is 17.7 Å². The molecule has 132 valence electrons. The van der Waals surface area contributed by atoms with Crippen molar-refractivity contribution in [3.05, 3.63) is 59.9 Å². The Morgan fingerprint density at radius 3 is 2.54 bits per heavy atom. The number of alkyl halides is 3. The maximum absolute atomic E-state index is 13.1. The van der Waals surface area contributed by atoms with Gasteiger partial charge in [-0.15, -0.1) is 0 Å². The number of pyridine rings is 1. The van der Waals surface area contributed by atoms with Gasteiger partial charge >= 0.3 is 6.18 Å². The maximum atomic E-state index is 13.1. The smallest absolute Gasteiger partial charge is 0.232 e. The second-order valence-corrected chi connectivity index (χ2v) is 6.77. The number of halogens is 3. The van der Waals surface area contributed by atoms with Gasteiger partial charge in [0.05, 0.1) is 23.5 Å². The molecule has 0 radical (unpaired) electrons. The van der Waals surface area contributed by atoms with Gasteiger partial charge in [0.25, 0.3) is 0 Å². The highest BCUT2D eigenvalue weighted by Gasteiger charge is 2.35. The summed E-state index contributed by atoms with van der Waals surface area (Å²) in [7, 11) is 0. The van der Waals surface area contributed by atoms with Crippen LogP contribution in [-0.4, -0.2) is 25.6 Å². The summed E-state index contributed by atoms with van der Waals surface area (Å²) in [6.07, 6.45) is -1.64. The lowest BCUT2D eigenvalue weighted by molar-refractivity contribution is -0.141. The first-order valence-corrected chi connectivity index (χ1v) is 8.88. The number of nitrogens with zero attached hydrogens (tertiary/aromatic N) is 4. The van der Waals surface area contributed by atoms with Crippen LogP contribution in [0.2, 0.25) is 0 Å². The Balaban J connectivity index is 2.17. The summed E-state index contributed by atoms with van der Waals surface area (Å²) < 4.78 is 50.1. The molecular weight excluding hydrogens is 365 g/mol. The Morgan fingerprint density at radius 1 is 1.19 bits per heavy atom. The van der Waals surface area contributed by atoms with Gasteiger partial charge in [0.1, 0.15) is 6.26 Å². The van der Waals surface area contributed by atoms with Gasteiger partial charge in [-0.1, -0.05) is 12.1 Å². The second kappa shape index (κ2) is 6.82. The summed E-state index contributed by atoms with van der Waals surface area (Å²) >= 11 is -1.01. The molecule has 0 bridgehead atoms.